The van der Waals surface area contributed by atoms with Crippen molar-refractivity contribution in [2.45, 2.75) is 37.3 Å². The van der Waals surface area contributed by atoms with Crippen molar-refractivity contribution in [1.29, 1.82) is 0 Å². The Kier molecular flexibility index (Phi) is 1.99. The molecule has 0 N–H and O–H groups in total. The molecule has 3 fully saturated rings. The van der Waals surface area contributed by atoms with Crippen LogP contribution in [0.5, 0.6) is 0 Å². The molecule has 6 heteroatoms. The van der Waals surface area contributed by atoms with Crippen molar-refractivity contribution in [1.82, 2.24) is 0 Å². The number of ether oxygens (including phenoxy) is 4. The third kappa shape index (κ3) is 1.49. The molecule has 0 aliphatic carbocycles. The van der Waals surface area contributed by atoms with E-state index in [1.54, 1.807) is 0 Å². The van der Waals surface area contributed by atoms with Gasteiger partial charge in [0.1, 0.15) is 13.2 Å². The fourth-order valence-electron chi connectivity index (χ4n) is 2.18. The zero-order valence-corrected chi connectivity index (χ0v) is 8.69. The Bertz CT molecular complexity index is 307. The molecule has 0 radical (unpaired) electrons. The Morgan fingerprint density at radius 2 is 1.25 bits per heavy atom. The first-order valence-corrected chi connectivity index (χ1v) is 5.33. The lowest BCUT2D eigenvalue weighted by Gasteiger charge is -2.40. The highest BCUT2D eigenvalue weighted by molar-refractivity contribution is 5.72. The number of carbonyl (C=O) groups excluding carboxylic acids is 2. The molecule has 0 aromatic heterocycles. The van der Waals surface area contributed by atoms with Gasteiger partial charge in [-0.3, -0.25) is 9.59 Å². The summed E-state index contributed by atoms with van der Waals surface area (Å²) in [5.74, 6) is -2.44. The fraction of sp³-hybridized carbons (Fsp3) is 0.800. The topological polar surface area (TPSA) is 71.1 Å². The molecule has 16 heavy (non-hydrogen) atoms. The molecule has 3 aliphatic rings. The molecule has 0 saturated carbocycles. The molecule has 0 amide bonds. The summed E-state index contributed by atoms with van der Waals surface area (Å²) in [5, 5.41) is 0. The summed E-state index contributed by atoms with van der Waals surface area (Å²) >= 11 is 0. The van der Waals surface area contributed by atoms with E-state index in [0.29, 0.717) is 25.7 Å². The van der Waals surface area contributed by atoms with Gasteiger partial charge in [0.2, 0.25) is 11.6 Å². The maximum atomic E-state index is 11.0. The van der Waals surface area contributed by atoms with Gasteiger partial charge in [0, 0.05) is 12.8 Å². The summed E-state index contributed by atoms with van der Waals surface area (Å²) in [7, 11) is 0. The number of hydrogen-bond acceptors (Lipinski definition) is 6. The summed E-state index contributed by atoms with van der Waals surface area (Å²) in [4.78, 5) is 22.1. The van der Waals surface area contributed by atoms with E-state index in [4.69, 9.17) is 18.9 Å². The minimum Gasteiger partial charge on any atom is -0.430 e. The van der Waals surface area contributed by atoms with E-state index in [2.05, 4.69) is 0 Å². The second-order valence-electron chi connectivity index (χ2n) is 4.35. The van der Waals surface area contributed by atoms with Crippen LogP contribution in [0.3, 0.4) is 0 Å². The maximum Gasteiger partial charge on any atom is 0.308 e. The minimum atomic E-state index is -0.947. The van der Waals surface area contributed by atoms with Crippen molar-refractivity contribution in [2.75, 3.05) is 13.2 Å². The van der Waals surface area contributed by atoms with E-state index in [1.165, 1.54) is 0 Å². The van der Waals surface area contributed by atoms with E-state index in [0.717, 1.165) is 0 Å². The van der Waals surface area contributed by atoms with Gasteiger partial charge < -0.3 is 18.9 Å². The lowest BCUT2D eigenvalue weighted by Crippen LogP contribution is -2.53. The average Bonchev–Trinajstić information content (AvgIpc) is 2.79. The van der Waals surface area contributed by atoms with Crippen LogP contribution in [0.25, 0.3) is 0 Å². The van der Waals surface area contributed by atoms with Crippen LogP contribution >= 0.6 is 0 Å². The average molecular weight is 228 g/mol. The van der Waals surface area contributed by atoms with Gasteiger partial charge in [-0.25, -0.2) is 0 Å². The van der Waals surface area contributed by atoms with Crippen LogP contribution in [-0.4, -0.2) is 36.7 Å². The highest BCUT2D eigenvalue weighted by Crippen LogP contribution is 2.39. The van der Waals surface area contributed by atoms with Gasteiger partial charge in [-0.2, -0.15) is 0 Å². The predicted octanol–water partition coefficient (Wildman–Crippen LogP) is 0.0998. The summed E-state index contributed by atoms with van der Waals surface area (Å²) in [5.41, 5.74) is 0. The van der Waals surface area contributed by atoms with Gasteiger partial charge in [-0.05, 0) is 0 Å². The molecule has 2 atom stereocenters. The molecule has 3 aliphatic heterocycles. The fourth-order valence-corrected chi connectivity index (χ4v) is 2.18. The number of rotatable bonds is 0. The first-order valence-electron chi connectivity index (χ1n) is 5.33. The van der Waals surface area contributed by atoms with E-state index in [1.807, 2.05) is 0 Å². The summed E-state index contributed by atoms with van der Waals surface area (Å²) in [6.07, 6.45) is 1.68. The standard InChI is InChI=1S/C10H12O6/c11-7-1-3-9(15-7)5-14-10(6-13-9)4-2-8(12)16-10/h1-6H2. The lowest BCUT2D eigenvalue weighted by molar-refractivity contribution is -0.354. The molecule has 2 unspecified atom stereocenters. The third-order valence-corrected chi connectivity index (χ3v) is 3.13. The van der Waals surface area contributed by atoms with Crippen LogP contribution in [-0.2, 0) is 28.5 Å². The van der Waals surface area contributed by atoms with Crippen LogP contribution in [0.4, 0.5) is 0 Å². The Morgan fingerprint density at radius 1 is 0.812 bits per heavy atom. The van der Waals surface area contributed by atoms with Crippen molar-refractivity contribution in [3.63, 3.8) is 0 Å². The Morgan fingerprint density at radius 3 is 1.50 bits per heavy atom. The van der Waals surface area contributed by atoms with Gasteiger partial charge in [0.15, 0.2) is 0 Å². The quantitative estimate of drug-likeness (QED) is 0.547. The highest BCUT2D eigenvalue weighted by atomic mass is 16.8. The van der Waals surface area contributed by atoms with Crippen LogP contribution in [0.2, 0.25) is 0 Å². The molecule has 3 rings (SSSR count). The second kappa shape index (κ2) is 3.18. The molecule has 6 nitrogen and oxygen atoms in total. The van der Waals surface area contributed by atoms with Gasteiger partial charge in [0.25, 0.3) is 0 Å². The molecule has 88 valence electrons. The number of carbonyl (C=O) groups is 2. The molecular formula is C10H12O6. The summed E-state index contributed by atoms with van der Waals surface area (Å²) in [6.45, 7) is 0.262. The van der Waals surface area contributed by atoms with Crippen molar-refractivity contribution >= 4 is 11.9 Å². The van der Waals surface area contributed by atoms with E-state index in [9.17, 15) is 9.59 Å². The Hall–Kier alpha value is -1.14. The monoisotopic (exact) mass is 228 g/mol. The van der Waals surface area contributed by atoms with Crippen LogP contribution < -0.4 is 0 Å². The molecule has 3 heterocycles. The summed E-state index contributed by atoms with van der Waals surface area (Å²) in [6, 6.07) is 0. The lowest BCUT2D eigenvalue weighted by atomic mass is 10.1. The van der Waals surface area contributed by atoms with Gasteiger partial charge in [-0.1, -0.05) is 0 Å². The molecule has 0 aromatic rings. The van der Waals surface area contributed by atoms with Gasteiger partial charge in [-0.15, -0.1) is 0 Å². The third-order valence-electron chi connectivity index (χ3n) is 3.13. The zero-order valence-electron chi connectivity index (χ0n) is 8.69. The largest absolute Gasteiger partial charge is 0.430 e. The summed E-state index contributed by atoms with van der Waals surface area (Å²) < 4.78 is 21.3. The van der Waals surface area contributed by atoms with E-state index in [-0.39, 0.29) is 25.2 Å². The van der Waals surface area contributed by atoms with Crippen LogP contribution in [0, 0.1) is 0 Å². The van der Waals surface area contributed by atoms with Gasteiger partial charge in [0.05, 0.1) is 12.8 Å². The number of hydrogen-bond donors (Lipinski definition) is 0. The van der Waals surface area contributed by atoms with Crippen molar-refractivity contribution in [2.24, 2.45) is 0 Å². The Balaban J connectivity index is 1.68. The Labute approximate surface area is 91.8 Å². The highest BCUT2D eigenvalue weighted by Gasteiger charge is 2.53. The van der Waals surface area contributed by atoms with E-state index < -0.39 is 11.6 Å². The van der Waals surface area contributed by atoms with E-state index >= 15 is 0 Å². The van der Waals surface area contributed by atoms with Crippen molar-refractivity contribution in [3.05, 3.63) is 0 Å². The van der Waals surface area contributed by atoms with Crippen LogP contribution in [0.15, 0.2) is 0 Å². The molecule has 0 aromatic carbocycles. The molecule has 0 bridgehead atoms. The van der Waals surface area contributed by atoms with Gasteiger partial charge >= 0.3 is 11.9 Å². The normalized spacial score (nSPS) is 42.8. The second-order valence-corrected chi connectivity index (χ2v) is 4.35. The SMILES string of the molecule is O=C1CCC2(COC3(CCC(=O)O3)CO2)O1. The predicted molar refractivity (Wildman–Crippen MR) is 48.0 cm³/mol. The van der Waals surface area contributed by atoms with Crippen molar-refractivity contribution < 1.29 is 28.5 Å². The number of esters is 2. The minimum absolute atomic E-state index is 0.131. The zero-order chi connectivity index (χ0) is 11.2. The smallest absolute Gasteiger partial charge is 0.308 e. The molecule has 3 saturated heterocycles. The van der Waals surface area contributed by atoms with Crippen molar-refractivity contribution in [3.8, 4) is 0 Å². The van der Waals surface area contributed by atoms with Crippen LogP contribution in [0.1, 0.15) is 25.7 Å². The molecule has 2 spiro atoms. The molecular weight excluding hydrogens is 216 g/mol. The maximum absolute atomic E-state index is 11.0. The first-order chi connectivity index (χ1) is 7.62. The first kappa shape index (κ1) is 10.0.